The molecule has 0 aliphatic heterocycles. The molecule has 1 aromatic carbocycles. The minimum atomic E-state index is 0.288. The third kappa shape index (κ3) is 1.91. The second-order valence-corrected chi connectivity index (χ2v) is 3.04. The second kappa shape index (κ2) is 4.73. The molecule has 3 N–H and O–H groups in total. The average Bonchev–Trinajstić information content (AvgIpc) is 2.71. The Morgan fingerprint density at radius 3 is 2.53 bits per heavy atom. The van der Waals surface area contributed by atoms with Gasteiger partial charge in [0, 0.05) is 23.8 Å². The van der Waals surface area contributed by atoms with E-state index in [-0.39, 0.29) is 5.75 Å². The van der Waals surface area contributed by atoms with Crippen molar-refractivity contribution in [1.29, 1.82) is 0 Å². The van der Waals surface area contributed by atoms with Crippen molar-refractivity contribution in [2.45, 2.75) is 27.3 Å². The first kappa shape index (κ1) is 11.4. The fourth-order valence-corrected chi connectivity index (χ4v) is 1.59. The monoisotopic (exact) mass is 206 g/mol. The zero-order valence-corrected chi connectivity index (χ0v) is 9.49. The molecule has 15 heavy (non-hydrogen) atoms. The number of aromatic nitrogens is 1. The second-order valence-electron chi connectivity index (χ2n) is 3.04. The van der Waals surface area contributed by atoms with Crippen molar-refractivity contribution in [3.8, 4) is 5.75 Å². The molecule has 0 spiro atoms. The molecule has 0 aliphatic carbocycles. The fourth-order valence-electron chi connectivity index (χ4n) is 1.59. The van der Waals surface area contributed by atoms with Gasteiger partial charge in [0.2, 0.25) is 0 Å². The maximum atomic E-state index is 9.62. The van der Waals surface area contributed by atoms with Gasteiger partial charge in [-0.25, -0.2) is 0 Å². The van der Waals surface area contributed by atoms with Crippen LogP contribution in [0.2, 0.25) is 0 Å². The van der Waals surface area contributed by atoms with Crippen LogP contribution in [0.1, 0.15) is 20.8 Å². The molecule has 82 valence electrons. The van der Waals surface area contributed by atoms with Crippen LogP contribution in [0.3, 0.4) is 0 Å². The minimum absolute atomic E-state index is 0.288. The summed E-state index contributed by atoms with van der Waals surface area (Å²) in [5.74, 6) is 0.288. The molecule has 0 saturated heterocycles. The van der Waals surface area contributed by atoms with Gasteiger partial charge in [-0.05, 0) is 25.1 Å². The maximum absolute atomic E-state index is 9.62. The van der Waals surface area contributed by atoms with Crippen LogP contribution in [-0.2, 0) is 6.54 Å². The lowest BCUT2D eigenvalue weighted by atomic mass is 10.2. The molecule has 0 saturated carbocycles. The lowest BCUT2D eigenvalue weighted by Crippen LogP contribution is -1.92. The van der Waals surface area contributed by atoms with Crippen molar-refractivity contribution in [2.24, 2.45) is 0 Å². The fraction of sp³-hybridized carbons (Fsp3) is 0.333. The Bertz CT molecular complexity index is 446. The van der Waals surface area contributed by atoms with E-state index in [0.717, 1.165) is 17.4 Å². The molecule has 1 aromatic heterocycles. The molecular formula is C12H18N2O. The van der Waals surface area contributed by atoms with E-state index in [1.807, 2.05) is 37.6 Å². The van der Waals surface area contributed by atoms with E-state index in [1.165, 1.54) is 0 Å². The summed E-state index contributed by atoms with van der Waals surface area (Å²) >= 11 is 0. The Labute approximate surface area is 90.1 Å². The number of hydrogen-bond acceptors (Lipinski definition) is 2. The summed E-state index contributed by atoms with van der Waals surface area (Å²) in [6.45, 7) is 6.86. The highest BCUT2D eigenvalue weighted by atomic mass is 16.3. The van der Waals surface area contributed by atoms with Gasteiger partial charge >= 0.3 is 0 Å². The number of nitrogens with two attached hydrogens (primary N) is 1. The van der Waals surface area contributed by atoms with Crippen molar-refractivity contribution in [3.63, 3.8) is 0 Å². The molecule has 3 heteroatoms. The van der Waals surface area contributed by atoms with Crippen LogP contribution in [0.25, 0.3) is 10.9 Å². The molecule has 0 atom stereocenters. The van der Waals surface area contributed by atoms with Gasteiger partial charge in [-0.2, -0.15) is 0 Å². The van der Waals surface area contributed by atoms with Gasteiger partial charge < -0.3 is 15.4 Å². The molecule has 0 unspecified atom stereocenters. The molecule has 2 rings (SSSR count). The first-order valence-electron chi connectivity index (χ1n) is 5.30. The number of benzene rings is 1. The summed E-state index contributed by atoms with van der Waals surface area (Å²) in [4.78, 5) is 0. The van der Waals surface area contributed by atoms with E-state index in [2.05, 4.69) is 0 Å². The number of anilines is 1. The highest BCUT2D eigenvalue weighted by molar-refractivity contribution is 5.95. The van der Waals surface area contributed by atoms with Crippen molar-refractivity contribution in [1.82, 2.24) is 4.57 Å². The molecule has 0 fully saturated rings. The molecular weight excluding hydrogens is 188 g/mol. The van der Waals surface area contributed by atoms with Crippen molar-refractivity contribution in [2.75, 3.05) is 5.73 Å². The number of phenolic OH excluding ortho intramolecular Hbond substituents is 1. The molecule has 0 aliphatic rings. The maximum Gasteiger partial charge on any atom is 0.139 e. The third-order valence-corrected chi connectivity index (χ3v) is 2.28. The summed E-state index contributed by atoms with van der Waals surface area (Å²) in [6.07, 6.45) is 1.93. The van der Waals surface area contributed by atoms with Gasteiger partial charge in [0.1, 0.15) is 5.75 Å². The quantitative estimate of drug-likeness (QED) is 0.556. The lowest BCUT2D eigenvalue weighted by Gasteiger charge is -2.03. The van der Waals surface area contributed by atoms with Gasteiger partial charge in [-0.3, -0.25) is 0 Å². The predicted octanol–water partition coefficient (Wildman–Crippen LogP) is 2.98. The average molecular weight is 206 g/mol. The SMILES string of the molecule is CC.CCn1ccc2c(N)ccc(O)c21. The van der Waals surface area contributed by atoms with Crippen LogP contribution < -0.4 is 5.73 Å². The Morgan fingerprint density at radius 2 is 1.93 bits per heavy atom. The Balaban J connectivity index is 0.000000531. The normalized spacial score (nSPS) is 9.80. The smallest absolute Gasteiger partial charge is 0.139 e. The first-order chi connectivity index (χ1) is 7.24. The number of nitrogens with zero attached hydrogens (tertiary/aromatic N) is 1. The van der Waals surface area contributed by atoms with E-state index in [0.29, 0.717) is 5.69 Å². The molecule has 0 bridgehead atoms. The zero-order chi connectivity index (χ0) is 11.4. The summed E-state index contributed by atoms with van der Waals surface area (Å²) in [7, 11) is 0. The summed E-state index contributed by atoms with van der Waals surface area (Å²) in [6, 6.07) is 5.27. The number of phenols is 1. The number of fused-ring (bicyclic) bond motifs is 1. The van der Waals surface area contributed by atoms with Crippen LogP contribution in [0.4, 0.5) is 5.69 Å². The standard InChI is InChI=1S/C10H12N2O.C2H6/c1-2-12-6-5-7-8(11)3-4-9(13)10(7)12;1-2/h3-6,13H,2,11H2,1H3;1-2H3. The number of nitrogen functional groups attached to an aromatic ring is 1. The topological polar surface area (TPSA) is 51.2 Å². The largest absolute Gasteiger partial charge is 0.506 e. The summed E-state index contributed by atoms with van der Waals surface area (Å²) < 4.78 is 1.97. The molecule has 1 heterocycles. The minimum Gasteiger partial charge on any atom is -0.506 e. The Hall–Kier alpha value is -1.64. The van der Waals surface area contributed by atoms with Crippen LogP contribution in [0.15, 0.2) is 24.4 Å². The first-order valence-corrected chi connectivity index (χ1v) is 5.30. The van der Waals surface area contributed by atoms with Crippen LogP contribution >= 0.6 is 0 Å². The number of hydrogen-bond donors (Lipinski definition) is 2. The summed E-state index contributed by atoms with van der Waals surface area (Å²) in [5.41, 5.74) is 7.30. The highest BCUT2D eigenvalue weighted by Crippen LogP contribution is 2.29. The van der Waals surface area contributed by atoms with E-state index in [1.54, 1.807) is 12.1 Å². The Morgan fingerprint density at radius 1 is 1.27 bits per heavy atom. The molecule has 2 aromatic rings. The van der Waals surface area contributed by atoms with Crippen molar-refractivity contribution in [3.05, 3.63) is 24.4 Å². The lowest BCUT2D eigenvalue weighted by molar-refractivity contribution is 0.478. The number of aryl methyl sites for hydroxylation is 1. The van der Waals surface area contributed by atoms with Gasteiger partial charge in [0.05, 0.1) is 5.52 Å². The van der Waals surface area contributed by atoms with Gasteiger partial charge in [0.25, 0.3) is 0 Å². The Kier molecular flexibility index (Phi) is 3.61. The highest BCUT2D eigenvalue weighted by Gasteiger charge is 2.06. The van der Waals surface area contributed by atoms with E-state index < -0.39 is 0 Å². The van der Waals surface area contributed by atoms with Crippen LogP contribution in [0.5, 0.6) is 5.75 Å². The van der Waals surface area contributed by atoms with E-state index in [9.17, 15) is 5.11 Å². The van der Waals surface area contributed by atoms with E-state index >= 15 is 0 Å². The van der Waals surface area contributed by atoms with Crippen molar-refractivity contribution >= 4 is 16.6 Å². The van der Waals surface area contributed by atoms with Crippen LogP contribution in [0, 0.1) is 0 Å². The summed E-state index contributed by atoms with van der Waals surface area (Å²) in [5, 5.41) is 10.5. The van der Waals surface area contributed by atoms with Crippen molar-refractivity contribution < 1.29 is 5.11 Å². The third-order valence-electron chi connectivity index (χ3n) is 2.28. The molecule has 0 amide bonds. The van der Waals surface area contributed by atoms with Gasteiger partial charge in [-0.15, -0.1) is 0 Å². The number of rotatable bonds is 1. The van der Waals surface area contributed by atoms with Gasteiger partial charge in [0.15, 0.2) is 0 Å². The van der Waals surface area contributed by atoms with Gasteiger partial charge in [-0.1, -0.05) is 13.8 Å². The van der Waals surface area contributed by atoms with E-state index in [4.69, 9.17) is 5.73 Å². The molecule has 3 nitrogen and oxygen atoms in total. The predicted molar refractivity (Wildman–Crippen MR) is 65.0 cm³/mol. The van der Waals surface area contributed by atoms with Crippen LogP contribution in [-0.4, -0.2) is 9.67 Å². The number of aromatic hydroxyl groups is 1. The zero-order valence-electron chi connectivity index (χ0n) is 9.49. The molecule has 0 radical (unpaired) electrons.